The van der Waals surface area contributed by atoms with Crippen molar-refractivity contribution in [1.29, 1.82) is 0 Å². The van der Waals surface area contributed by atoms with Gasteiger partial charge in [0.1, 0.15) is 0 Å². The van der Waals surface area contributed by atoms with E-state index >= 15 is 0 Å². The minimum atomic E-state index is -1.82. The van der Waals surface area contributed by atoms with Gasteiger partial charge in [-0.3, -0.25) is 0 Å². The van der Waals surface area contributed by atoms with Gasteiger partial charge < -0.3 is 29.3 Å². The highest BCUT2D eigenvalue weighted by Gasteiger charge is 2.69. The van der Waals surface area contributed by atoms with Gasteiger partial charge in [0, 0.05) is 24.8 Å². The van der Waals surface area contributed by atoms with E-state index in [-0.39, 0.29) is 12.2 Å². The van der Waals surface area contributed by atoms with Crippen LogP contribution in [0.2, 0.25) is 0 Å². The van der Waals surface area contributed by atoms with Gasteiger partial charge in [-0.2, -0.15) is 0 Å². The maximum absolute atomic E-state index is 9.10. The number of hydrogen-bond acceptors (Lipinski definition) is 8. The molecule has 2 bridgehead atoms. The number of carboxylic acids is 2. The molecule has 1 aliphatic carbocycles. The fourth-order valence-electron chi connectivity index (χ4n) is 5.41. The van der Waals surface area contributed by atoms with Crippen molar-refractivity contribution in [2.75, 3.05) is 27.2 Å². The van der Waals surface area contributed by atoms with Gasteiger partial charge in [0.25, 0.3) is 0 Å². The first-order valence-electron chi connectivity index (χ1n) is 10.9. The van der Waals surface area contributed by atoms with Gasteiger partial charge in [-0.05, 0) is 52.1 Å². The smallest absolute Gasteiger partial charge is 0.414 e. The van der Waals surface area contributed by atoms with E-state index in [1.807, 2.05) is 6.92 Å². The molecule has 4 heterocycles. The Balaban J connectivity index is 0.000000401. The second kappa shape index (κ2) is 9.29. The minimum Gasteiger partial charge on any atom is -0.473 e. The molecule has 0 radical (unpaired) electrons. The van der Waals surface area contributed by atoms with Crippen LogP contribution in [0.3, 0.4) is 0 Å². The summed E-state index contributed by atoms with van der Waals surface area (Å²) in [4.78, 5) is 32.3. The van der Waals surface area contributed by atoms with E-state index in [1.54, 1.807) is 0 Å². The summed E-state index contributed by atoms with van der Waals surface area (Å²) in [5.74, 6) is -2.78. The van der Waals surface area contributed by atoms with Gasteiger partial charge in [0.2, 0.25) is 5.79 Å². The van der Waals surface area contributed by atoms with Crippen LogP contribution in [0.15, 0.2) is 0 Å². The number of nitrogens with zero attached hydrogens (tertiary/aromatic N) is 1. The molecule has 1 spiro atoms. The standard InChI is InChI=1S/C19H33NO5.C2H2O4/c1-12-6-7-15-13(2)16(21-11-10-20(4)5)22-17-19(15)14(12)8-9-18(3,23-17)24-25-19;3-1(4)2(5)6/h12-17H,6-11H2,1-5H3;(H,3,4)(H,5,6)/t12-,13-,14?,15?,16+,17-,18-,19-;/m1./s1. The van der Waals surface area contributed by atoms with Crippen molar-refractivity contribution in [3.8, 4) is 0 Å². The third-order valence-corrected chi connectivity index (χ3v) is 7.10. The summed E-state index contributed by atoms with van der Waals surface area (Å²) in [6.07, 6.45) is 3.58. The molecule has 0 amide bonds. The fourth-order valence-corrected chi connectivity index (χ4v) is 5.41. The van der Waals surface area contributed by atoms with Gasteiger partial charge in [-0.15, -0.1) is 0 Å². The van der Waals surface area contributed by atoms with E-state index in [0.717, 1.165) is 25.8 Å². The van der Waals surface area contributed by atoms with Gasteiger partial charge in [-0.25, -0.2) is 19.4 Å². The van der Waals surface area contributed by atoms with Crippen molar-refractivity contribution in [3.05, 3.63) is 0 Å². The molecule has 5 rings (SSSR count). The Bertz CT molecular complexity index is 661. The molecular weight excluding hydrogens is 410 g/mol. The number of ether oxygens (including phenoxy) is 3. The van der Waals surface area contributed by atoms with Crippen LogP contribution in [-0.2, 0) is 33.6 Å². The SMILES string of the molecule is C[C@@H]1CCC2[C@@H](C)[C@@H](OCCN(C)C)O[C@@H]3O[C@@]4(C)CCC1[C@@]23OO4.O=C(O)C(=O)O. The summed E-state index contributed by atoms with van der Waals surface area (Å²) in [5, 5.41) is 14.8. The Morgan fingerprint density at radius 3 is 2.35 bits per heavy atom. The molecule has 4 saturated heterocycles. The highest BCUT2D eigenvalue weighted by Crippen LogP contribution is 2.60. The van der Waals surface area contributed by atoms with E-state index in [4.69, 9.17) is 43.8 Å². The second-order valence-electron chi connectivity index (χ2n) is 9.56. The Morgan fingerprint density at radius 2 is 1.74 bits per heavy atom. The molecule has 8 atom stereocenters. The predicted octanol–water partition coefficient (Wildman–Crippen LogP) is 1.93. The molecule has 31 heavy (non-hydrogen) atoms. The van der Waals surface area contributed by atoms with Gasteiger partial charge in [0.15, 0.2) is 18.2 Å². The van der Waals surface area contributed by atoms with Crippen molar-refractivity contribution in [2.45, 2.75) is 70.4 Å². The lowest BCUT2D eigenvalue weighted by Gasteiger charge is -2.60. The van der Waals surface area contributed by atoms with Gasteiger partial charge in [0.05, 0.1) is 6.61 Å². The summed E-state index contributed by atoms with van der Waals surface area (Å²) >= 11 is 0. The van der Waals surface area contributed by atoms with Crippen LogP contribution in [0.5, 0.6) is 0 Å². The van der Waals surface area contributed by atoms with Crippen molar-refractivity contribution >= 4 is 11.9 Å². The van der Waals surface area contributed by atoms with Crippen molar-refractivity contribution in [3.63, 3.8) is 0 Å². The van der Waals surface area contributed by atoms with Gasteiger partial charge in [-0.1, -0.05) is 13.8 Å². The highest BCUT2D eigenvalue weighted by atomic mass is 17.3. The molecule has 10 heteroatoms. The molecule has 0 aromatic heterocycles. The van der Waals surface area contributed by atoms with Crippen LogP contribution in [0.4, 0.5) is 0 Å². The predicted molar refractivity (Wildman–Crippen MR) is 107 cm³/mol. The topological polar surface area (TPSA) is 124 Å². The first-order chi connectivity index (χ1) is 14.5. The maximum atomic E-state index is 9.10. The van der Waals surface area contributed by atoms with Crippen molar-refractivity contribution in [1.82, 2.24) is 4.90 Å². The summed E-state index contributed by atoms with van der Waals surface area (Å²) in [6.45, 7) is 8.06. The Kier molecular flexibility index (Phi) is 7.29. The molecule has 178 valence electrons. The average molecular weight is 446 g/mol. The second-order valence-corrected chi connectivity index (χ2v) is 9.56. The third-order valence-electron chi connectivity index (χ3n) is 7.10. The van der Waals surface area contributed by atoms with E-state index in [2.05, 4.69) is 32.8 Å². The molecule has 0 aromatic carbocycles. The summed E-state index contributed by atoms with van der Waals surface area (Å²) in [6, 6.07) is 0. The Labute approximate surface area is 182 Å². The lowest BCUT2D eigenvalue weighted by Crippen LogP contribution is -2.70. The molecule has 10 nitrogen and oxygen atoms in total. The van der Waals surface area contributed by atoms with E-state index in [9.17, 15) is 0 Å². The van der Waals surface area contributed by atoms with Crippen LogP contribution < -0.4 is 0 Å². The zero-order valence-electron chi connectivity index (χ0n) is 18.9. The normalized spacial score (nSPS) is 43.4. The van der Waals surface area contributed by atoms with E-state index < -0.39 is 29.6 Å². The number of carbonyl (C=O) groups is 2. The van der Waals surface area contributed by atoms with E-state index in [1.165, 1.54) is 6.42 Å². The number of likely N-dealkylation sites (N-methyl/N-ethyl adjacent to an activating group) is 1. The molecule has 4 aliphatic heterocycles. The lowest BCUT2D eigenvalue weighted by atomic mass is 9.58. The van der Waals surface area contributed by atoms with Crippen LogP contribution in [0.25, 0.3) is 0 Å². The number of aliphatic carboxylic acids is 2. The first kappa shape index (κ1) is 24.3. The quantitative estimate of drug-likeness (QED) is 0.490. The van der Waals surface area contributed by atoms with Crippen LogP contribution in [0.1, 0.15) is 46.5 Å². The largest absolute Gasteiger partial charge is 0.473 e. The molecule has 2 unspecified atom stereocenters. The van der Waals surface area contributed by atoms with Crippen molar-refractivity contribution in [2.24, 2.45) is 23.7 Å². The number of hydrogen-bond donors (Lipinski definition) is 2. The summed E-state index contributed by atoms with van der Waals surface area (Å²) in [5.41, 5.74) is -0.492. The molecule has 5 fully saturated rings. The first-order valence-corrected chi connectivity index (χ1v) is 10.9. The third kappa shape index (κ3) is 4.74. The molecule has 0 aromatic rings. The number of fused-ring (bicyclic) bond motifs is 2. The number of carboxylic acid groups (broad SMARTS) is 2. The summed E-state index contributed by atoms with van der Waals surface area (Å²) in [7, 11) is 4.10. The van der Waals surface area contributed by atoms with Crippen LogP contribution >= 0.6 is 0 Å². The molecular formula is C21H35NO9. The van der Waals surface area contributed by atoms with Gasteiger partial charge >= 0.3 is 11.9 Å². The summed E-state index contributed by atoms with van der Waals surface area (Å²) < 4.78 is 18.8. The average Bonchev–Trinajstić information content (AvgIpc) is 2.92. The zero-order chi connectivity index (χ0) is 23.0. The van der Waals surface area contributed by atoms with E-state index in [0.29, 0.717) is 24.4 Å². The fraction of sp³-hybridized carbons (Fsp3) is 0.905. The number of rotatable bonds is 4. The molecule has 2 N–H and O–H groups in total. The Hall–Kier alpha value is -1.30. The molecule has 5 aliphatic rings. The van der Waals surface area contributed by atoms with Crippen molar-refractivity contribution < 1.29 is 43.8 Å². The maximum Gasteiger partial charge on any atom is 0.414 e. The monoisotopic (exact) mass is 445 g/mol. The molecule has 1 saturated carbocycles. The van der Waals surface area contributed by atoms with Crippen LogP contribution in [-0.4, -0.2) is 78.3 Å². The zero-order valence-corrected chi connectivity index (χ0v) is 18.9. The Morgan fingerprint density at radius 1 is 1.06 bits per heavy atom. The van der Waals surface area contributed by atoms with Crippen LogP contribution in [0, 0.1) is 23.7 Å². The highest BCUT2D eigenvalue weighted by molar-refractivity contribution is 6.27. The lowest BCUT2D eigenvalue weighted by molar-refractivity contribution is -0.577. The minimum absolute atomic E-state index is 0.249.